The number of fused-ring (bicyclic) bond motifs is 2. The number of nitrogens with one attached hydrogen (secondary N) is 1. The molecule has 4 unspecified atom stereocenters. The third-order valence-corrected chi connectivity index (χ3v) is 5.96. The van der Waals surface area contributed by atoms with E-state index < -0.39 is 5.97 Å². The smallest absolute Gasteiger partial charge is 0.407 e. The first-order valence-electron chi connectivity index (χ1n) is 10.5. The molecule has 4 atom stereocenters. The minimum atomic E-state index is -0.716. The third kappa shape index (κ3) is 5.96. The molecule has 6 nitrogen and oxygen atoms in total. The largest absolute Gasteiger partial charge is 0.481 e. The van der Waals surface area contributed by atoms with Crippen LogP contribution in [0.25, 0.3) is 0 Å². The lowest BCUT2D eigenvalue weighted by Gasteiger charge is -2.28. The molecule has 1 amide bonds. The van der Waals surface area contributed by atoms with Crippen LogP contribution in [0.4, 0.5) is 4.79 Å². The number of aliphatic carboxylic acids is 1. The number of hydrogen-bond acceptors (Lipinski definition) is 4. The topological polar surface area (TPSA) is 84.9 Å². The van der Waals surface area contributed by atoms with E-state index in [4.69, 9.17) is 14.6 Å². The highest BCUT2D eigenvalue weighted by atomic mass is 16.5. The molecule has 2 aliphatic heterocycles. The van der Waals surface area contributed by atoms with E-state index in [1.54, 1.807) is 0 Å². The van der Waals surface area contributed by atoms with E-state index in [2.05, 4.69) is 5.32 Å². The third-order valence-electron chi connectivity index (χ3n) is 5.96. The van der Waals surface area contributed by atoms with Crippen molar-refractivity contribution in [1.29, 1.82) is 0 Å². The van der Waals surface area contributed by atoms with E-state index in [0.717, 1.165) is 50.5 Å². The van der Waals surface area contributed by atoms with Crippen molar-refractivity contribution in [3.63, 3.8) is 0 Å². The summed E-state index contributed by atoms with van der Waals surface area (Å²) in [5.41, 5.74) is 0.974. The van der Waals surface area contributed by atoms with Crippen LogP contribution in [0.5, 0.6) is 0 Å². The highest BCUT2D eigenvalue weighted by molar-refractivity contribution is 5.67. The molecule has 2 bridgehead atoms. The molecule has 0 aromatic heterocycles. The number of rotatable bonds is 11. The molecule has 1 aromatic rings. The maximum atomic E-state index is 12.1. The molecule has 2 saturated heterocycles. The number of benzene rings is 1. The number of carboxylic acids is 1. The first-order chi connectivity index (χ1) is 13.6. The van der Waals surface area contributed by atoms with Gasteiger partial charge in [-0.2, -0.15) is 0 Å². The summed E-state index contributed by atoms with van der Waals surface area (Å²) in [5.74, 6) is 0.112. The molecule has 0 aliphatic carbocycles. The Balaban J connectivity index is 1.36. The van der Waals surface area contributed by atoms with Gasteiger partial charge in [-0.15, -0.1) is 0 Å². The van der Waals surface area contributed by atoms with Gasteiger partial charge in [0.05, 0.1) is 12.2 Å². The Morgan fingerprint density at radius 1 is 1.04 bits per heavy atom. The van der Waals surface area contributed by atoms with Gasteiger partial charge in [-0.3, -0.25) is 4.79 Å². The van der Waals surface area contributed by atoms with Gasteiger partial charge in [0.25, 0.3) is 0 Å². The zero-order chi connectivity index (χ0) is 19.8. The molecule has 154 valence electrons. The maximum absolute atomic E-state index is 12.1. The molecule has 2 heterocycles. The summed E-state index contributed by atoms with van der Waals surface area (Å²) in [4.78, 5) is 22.6. The van der Waals surface area contributed by atoms with E-state index in [-0.39, 0.29) is 25.2 Å². The van der Waals surface area contributed by atoms with Gasteiger partial charge in [-0.25, -0.2) is 4.79 Å². The molecule has 2 N–H and O–H groups in total. The SMILES string of the molecule is O=C(O)CCCCCCC1C2CCC(O2)C1CNC(=O)OCc1ccccc1. The summed E-state index contributed by atoms with van der Waals surface area (Å²) in [6, 6.07) is 9.66. The van der Waals surface area contributed by atoms with Crippen molar-refractivity contribution in [2.75, 3.05) is 6.54 Å². The van der Waals surface area contributed by atoms with Crippen LogP contribution in [0.1, 0.15) is 56.9 Å². The number of ether oxygens (including phenoxy) is 2. The van der Waals surface area contributed by atoms with E-state index in [0.29, 0.717) is 24.5 Å². The Labute approximate surface area is 166 Å². The average Bonchev–Trinajstić information content (AvgIpc) is 3.30. The fraction of sp³-hybridized carbons (Fsp3) is 0.636. The van der Waals surface area contributed by atoms with E-state index in [1.165, 1.54) is 0 Å². The lowest BCUT2D eigenvalue weighted by Crippen LogP contribution is -2.38. The number of hydrogen-bond donors (Lipinski definition) is 2. The van der Waals surface area contributed by atoms with Gasteiger partial charge in [-0.1, -0.05) is 49.6 Å². The quantitative estimate of drug-likeness (QED) is 0.556. The molecular formula is C22H31NO5. The van der Waals surface area contributed by atoms with Crippen LogP contribution in [0.15, 0.2) is 30.3 Å². The average molecular weight is 389 g/mol. The summed E-state index contributed by atoms with van der Waals surface area (Å²) < 4.78 is 11.4. The van der Waals surface area contributed by atoms with Gasteiger partial charge in [0, 0.05) is 18.9 Å². The first kappa shape index (κ1) is 20.6. The zero-order valence-electron chi connectivity index (χ0n) is 16.3. The molecule has 3 rings (SSSR count). The second-order valence-electron chi connectivity index (χ2n) is 7.91. The van der Waals surface area contributed by atoms with Crippen molar-refractivity contribution in [3.8, 4) is 0 Å². The predicted octanol–water partition coefficient (Wildman–Crippen LogP) is 4.13. The Hall–Kier alpha value is -2.08. The van der Waals surface area contributed by atoms with Gasteiger partial charge in [0.2, 0.25) is 0 Å². The van der Waals surface area contributed by atoms with E-state index >= 15 is 0 Å². The first-order valence-corrected chi connectivity index (χ1v) is 10.5. The minimum Gasteiger partial charge on any atom is -0.481 e. The lowest BCUT2D eigenvalue weighted by molar-refractivity contribution is -0.137. The van der Waals surface area contributed by atoms with Gasteiger partial charge < -0.3 is 19.9 Å². The van der Waals surface area contributed by atoms with Gasteiger partial charge in [-0.05, 0) is 37.2 Å². The fourth-order valence-corrected chi connectivity index (χ4v) is 4.54. The van der Waals surface area contributed by atoms with E-state index in [9.17, 15) is 9.59 Å². The molecule has 2 fully saturated rings. The number of carbonyl (C=O) groups excluding carboxylic acids is 1. The highest BCUT2D eigenvalue weighted by Gasteiger charge is 2.48. The predicted molar refractivity (Wildman–Crippen MR) is 105 cm³/mol. The molecule has 2 aliphatic rings. The Kier molecular flexibility index (Phi) is 7.71. The van der Waals surface area contributed by atoms with Gasteiger partial charge in [0.15, 0.2) is 0 Å². The Morgan fingerprint density at radius 2 is 1.75 bits per heavy atom. The number of carboxylic acid groups (broad SMARTS) is 1. The molecule has 1 aromatic carbocycles. The van der Waals surface area contributed by atoms with Crippen LogP contribution in [-0.4, -0.2) is 35.9 Å². The van der Waals surface area contributed by atoms with Crippen molar-refractivity contribution in [2.24, 2.45) is 11.8 Å². The molecule has 0 radical (unpaired) electrons. The monoisotopic (exact) mass is 389 g/mol. The fourth-order valence-electron chi connectivity index (χ4n) is 4.54. The van der Waals surface area contributed by atoms with Crippen molar-refractivity contribution in [1.82, 2.24) is 5.32 Å². The van der Waals surface area contributed by atoms with Crippen LogP contribution >= 0.6 is 0 Å². The second-order valence-corrected chi connectivity index (χ2v) is 7.91. The Morgan fingerprint density at radius 3 is 2.50 bits per heavy atom. The molecular weight excluding hydrogens is 358 g/mol. The molecule has 0 saturated carbocycles. The van der Waals surface area contributed by atoms with E-state index in [1.807, 2.05) is 30.3 Å². The molecule has 0 spiro atoms. The Bertz CT molecular complexity index is 635. The standard InChI is InChI=1S/C22H31NO5/c24-21(25)11-7-2-1-6-10-17-18(20-13-12-19(17)28-20)14-23-22(26)27-15-16-8-4-3-5-9-16/h3-5,8-9,17-20H,1-2,6-7,10-15H2,(H,23,26)(H,24,25). The lowest BCUT2D eigenvalue weighted by atomic mass is 9.76. The van der Waals surface area contributed by atoms with Crippen LogP contribution in [0.2, 0.25) is 0 Å². The van der Waals surface area contributed by atoms with Crippen LogP contribution < -0.4 is 5.32 Å². The number of carbonyl (C=O) groups is 2. The zero-order valence-corrected chi connectivity index (χ0v) is 16.3. The summed E-state index contributed by atoms with van der Waals surface area (Å²) >= 11 is 0. The highest BCUT2D eigenvalue weighted by Crippen LogP contribution is 2.45. The van der Waals surface area contributed by atoms with Crippen molar-refractivity contribution in [2.45, 2.75) is 70.2 Å². The summed E-state index contributed by atoms with van der Waals surface area (Å²) in [6.07, 6.45) is 7.57. The van der Waals surface area contributed by atoms with Crippen molar-refractivity contribution in [3.05, 3.63) is 35.9 Å². The van der Waals surface area contributed by atoms with Gasteiger partial charge >= 0.3 is 12.1 Å². The maximum Gasteiger partial charge on any atom is 0.407 e. The summed E-state index contributed by atoms with van der Waals surface area (Å²) in [7, 11) is 0. The number of amides is 1. The number of alkyl carbamates (subject to hydrolysis) is 1. The van der Waals surface area contributed by atoms with Crippen molar-refractivity contribution >= 4 is 12.1 Å². The molecule has 28 heavy (non-hydrogen) atoms. The van der Waals surface area contributed by atoms with Crippen LogP contribution in [0.3, 0.4) is 0 Å². The second kappa shape index (κ2) is 10.5. The van der Waals surface area contributed by atoms with Crippen LogP contribution in [0, 0.1) is 11.8 Å². The minimum absolute atomic E-state index is 0.247. The molecule has 6 heteroatoms. The van der Waals surface area contributed by atoms with Crippen LogP contribution in [-0.2, 0) is 20.9 Å². The van der Waals surface area contributed by atoms with Crippen molar-refractivity contribution < 1.29 is 24.2 Å². The summed E-state index contributed by atoms with van der Waals surface area (Å²) in [5, 5.41) is 11.6. The normalized spacial score (nSPS) is 25.6. The number of unbranched alkanes of at least 4 members (excludes halogenated alkanes) is 3. The summed E-state index contributed by atoms with van der Waals surface area (Å²) in [6.45, 7) is 0.873. The van der Waals surface area contributed by atoms with Gasteiger partial charge in [0.1, 0.15) is 6.61 Å².